The minimum atomic E-state index is -0.107. The van der Waals surface area contributed by atoms with Gasteiger partial charge in [-0.3, -0.25) is 9.69 Å². The quantitative estimate of drug-likeness (QED) is 0.790. The summed E-state index contributed by atoms with van der Waals surface area (Å²) in [6, 6.07) is 14.8. The van der Waals surface area contributed by atoms with Crippen molar-refractivity contribution < 1.29 is 9.53 Å². The van der Waals surface area contributed by atoms with Crippen LogP contribution in [0.3, 0.4) is 0 Å². The number of hydrogen-bond acceptors (Lipinski definition) is 4. The van der Waals surface area contributed by atoms with Crippen molar-refractivity contribution in [2.24, 2.45) is 0 Å². The number of anilines is 1. The molecule has 2 rings (SSSR count). The minimum absolute atomic E-state index is 0.107. The van der Waals surface area contributed by atoms with Crippen LogP contribution < -0.4 is 10.1 Å². The Morgan fingerprint density at radius 2 is 2.08 bits per heavy atom. The number of carbonyl (C=O) groups is 1. The Morgan fingerprint density at radius 1 is 1.35 bits per heavy atom. The number of nitrogens with zero attached hydrogens (tertiary/aromatic N) is 2. The van der Waals surface area contributed by atoms with E-state index in [0.29, 0.717) is 29.2 Å². The molecule has 26 heavy (non-hydrogen) atoms. The normalized spacial score (nSPS) is 11.7. The lowest BCUT2D eigenvalue weighted by Gasteiger charge is -2.26. The number of ether oxygens (including phenoxy) is 1. The fourth-order valence-corrected chi connectivity index (χ4v) is 2.85. The van der Waals surface area contributed by atoms with Gasteiger partial charge >= 0.3 is 0 Å². The molecule has 0 saturated heterocycles. The summed E-state index contributed by atoms with van der Waals surface area (Å²) in [6.07, 6.45) is 0.341. The van der Waals surface area contributed by atoms with Gasteiger partial charge in [-0.15, -0.1) is 0 Å². The zero-order valence-corrected chi connectivity index (χ0v) is 15.9. The summed E-state index contributed by atoms with van der Waals surface area (Å²) in [6.45, 7) is 2.67. The number of carbonyl (C=O) groups excluding carboxylic acids is 1. The number of halogens is 1. The van der Waals surface area contributed by atoms with Crippen LogP contribution >= 0.6 is 11.6 Å². The Bertz CT molecular complexity index is 817. The third kappa shape index (κ3) is 4.98. The molecule has 0 heterocycles. The Hall–Kier alpha value is -2.55. The molecule has 0 aromatic heterocycles. The van der Waals surface area contributed by atoms with Crippen molar-refractivity contribution in [2.75, 3.05) is 26.0 Å². The van der Waals surface area contributed by atoms with Crippen LogP contribution in [0.5, 0.6) is 5.75 Å². The highest BCUT2D eigenvalue weighted by molar-refractivity contribution is 6.32. The molecule has 2 aromatic carbocycles. The van der Waals surface area contributed by atoms with Crippen LogP contribution in [0.2, 0.25) is 5.02 Å². The number of para-hydroxylation sites is 1. The molecule has 0 aliphatic heterocycles. The van der Waals surface area contributed by atoms with Crippen molar-refractivity contribution in [3.8, 4) is 11.8 Å². The molecule has 2 aromatic rings. The first-order valence-electron chi connectivity index (χ1n) is 8.29. The van der Waals surface area contributed by atoms with Crippen molar-refractivity contribution in [1.29, 1.82) is 5.26 Å². The smallest absolute Gasteiger partial charge is 0.225 e. The predicted octanol–water partition coefficient (Wildman–Crippen LogP) is 4.24. The first-order chi connectivity index (χ1) is 12.5. The van der Waals surface area contributed by atoms with Gasteiger partial charge in [0, 0.05) is 30.3 Å². The molecule has 1 unspecified atom stereocenters. The summed E-state index contributed by atoms with van der Waals surface area (Å²) < 4.78 is 5.41. The van der Waals surface area contributed by atoms with Crippen LogP contribution in [0.15, 0.2) is 42.5 Å². The summed E-state index contributed by atoms with van der Waals surface area (Å²) in [5.74, 6) is 0.730. The second-order valence-electron chi connectivity index (χ2n) is 6.00. The first-order valence-corrected chi connectivity index (χ1v) is 8.66. The van der Waals surface area contributed by atoms with Gasteiger partial charge in [-0.1, -0.05) is 29.8 Å². The molecule has 6 heteroatoms. The molecule has 0 bridgehead atoms. The van der Waals surface area contributed by atoms with Crippen molar-refractivity contribution in [1.82, 2.24) is 4.90 Å². The number of rotatable bonds is 7. The highest BCUT2D eigenvalue weighted by atomic mass is 35.5. The van der Waals surface area contributed by atoms with E-state index < -0.39 is 0 Å². The van der Waals surface area contributed by atoms with Gasteiger partial charge in [-0.25, -0.2) is 0 Å². The number of nitriles is 1. The van der Waals surface area contributed by atoms with Crippen molar-refractivity contribution in [3.05, 3.63) is 58.6 Å². The van der Waals surface area contributed by atoms with E-state index in [4.69, 9.17) is 21.6 Å². The molecule has 0 aliphatic carbocycles. The third-order valence-electron chi connectivity index (χ3n) is 4.32. The standard InChI is InChI=1S/C20H22ClN3O2/c1-14(17-6-4-5-7-19(17)26-3)24(2)11-10-20(25)23-16-9-8-15(13-22)18(21)12-16/h4-9,12,14H,10-11H2,1-3H3,(H,23,25). The van der Waals surface area contributed by atoms with E-state index in [1.807, 2.05) is 37.4 Å². The molecular weight excluding hydrogens is 350 g/mol. The summed E-state index contributed by atoms with van der Waals surface area (Å²) in [5, 5.41) is 12.0. The van der Waals surface area contributed by atoms with E-state index in [9.17, 15) is 4.79 Å². The van der Waals surface area contributed by atoms with Crippen LogP contribution in [0.4, 0.5) is 5.69 Å². The highest BCUT2D eigenvalue weighted by Crippen LogP contribution is 2.28. The molecule has 1 atom stereocenters. The highest BCUT2D eigenvalue weighted by Gasteiger charge is 2.16. The molecular formula is C20H22ClN3O2. The number of hydrogen-bond donors (Lipinski definition) is 1. The largest absolute Gasteiger partial charge is 0.496 e. The fraction of sp³-hybridized carbons (Fsp3) is 0.300. The average Bonchev–Trinajstić information content (AvgIpc) is 2.65. The van der Waals surface area contributed by atoms with Gasteiger partial charge in [0.05, 0.1) is 17.7 Å². The molecule has 1 N–H and O–H groups in total. The lowest BCUT2D eigenvalue weighted by Crippen LogP contribution is -2.27. The second kappa shape index (κ2) is 9.23. The molecule has 0 spiro atoms. The topological polar surface area (TPSA) is 65.4 Å². The van der Waals surface area contributed by atoms with Crippen molar-refractivity contribution in [3.63, 3.8) is 0 Å². The van der Waals surface area contributed by atoms with E-state index in [-0.39, 0.29) is 11.9 Å². The van der Waals surface area contributed by atoms with Crippen LogP contribution in [0, 0.1) is 11.3 Å². The van der Waals surface area contributed by atoms with Crippen LogP contribution in [0.1, 0.15) is 30.5 Å². The van der Waals surface area contributed by atoms with E-state index >= 15 is 0 Å². The van der Waals surface area contributed by atoms with E-state index in [2.05, 4.69) is 17.1 Å². The molecule has 0 fully saturated rings. The number of amides is 1. The van der Waals surface area contributed by atoms with Gasteiger partial charge in [-0.05, 0) is 38.2 Å². The maximum absolute atomic E-state index is 12.2. The maximum Gasteiger partial charge on any atom is 0.225 e. The number of benzene rings is 2. The molecule has 0 aliphatic rings. The van der Waals surface area contributed by atoms with Gasteiger partial charge in [0.15, 0.2) is 0 Å². The van der Waals surface area contributed by atoms with Crippen LogP contribution in [-0.2, 0) is 4.79 Å². The summed E-state index contributed by atoms with van der Waals surface area (Å²) in [4.78, 5) is 14.3. The van der Waals surface area contributed by atoms with Gasteiger partial charge in [0.1, 0.15) is 11.8 Å². The zero-order chi connectivity index (χ0) is 19.1. The Morgan fingerprint density at radius 3 is 2.73 bits per heavy atom. The number of methoxy groups -OCH3 is 1. The lowest BCUT2D eigenvalue weighted by molar-refractivity contribution is -0.116. The summed E-state index contributed by atoms with van der Waals surface area (Å²) >= 11 is 5.98. The van der Waals surface area contributed by atoms with Crippen LogP contribution in [-0.4, -0.2) is 31.5 Å². The van der Waals surface area contributed by atoms with Gasteiger partial charge in [0.25, 0.3) is 0 Å². The second-order valence-corrected chi connectivity index (χ2v) is 6.41. The molecule has 0 saturated carbocycles. The molecule has 5 nitrogen and oxygen atoms in total. The van der Waals surface area contributed by atoms with Gasteiger partial charge in [0.2, 0.25) is 5.91 Å². The van der Waals surface area contributed by atoms with E-state index in [1.165, 1.54) is 0 Å². The third-order valence-corrected chi connectivity index (χ3v) is 4.63. The Kier molecular flexibility index (Phi) is 7.02. The van der Waals surface area contributed by atoms with Gasteiger partial charge < -0.3 is 10.1 Å². The Labute approximate surface area is 159 Å². The predicted molar refractivity (Wildman–Crippen MR) is 103 cm³/mol. The summed E-state index contributed by atoms with van der Waals surface area (Å²) in [5.41, 5.74) is 2.05. The Balaban J connectivity index is 1.92. The minimum Gasteiger partial charge on any atom is -0.496 e. The van der Waals surface area contributed by atoms with E-state index in [1.54, 1.807) is 25.3 Å². The van der Waals surface area contributed by atoms with Crippen molar-refractivity contribution in [2.45, 2.75) is 19.4 Å². The monoisotopic (exact) mass is 371 g/mol. The van der Waals surface area contributed by atoms with Gasteiger partial charge in [-0.2, -0.15) is 5.26 Å². The molecule has 1 amide bonds. The molecule has 136 valence electrons. The fourth-order valence-electron chi connectivity index (χ4n) is 2.63. The van der Waals surface area contributed by atoms with E-state index in [0.717, 1.165) is 11.3 Å². The summed E-state index contributed by atoms with van der Waals surface area (Å²) in [7, 11) is 3.63. The first kappa shape index (κ1) is 19.8. The van der Waals surface area contributed by atoms with Crippen LogP contribution in [0.25, 0.3) is 0 Å². The SMILES string of the molecule is COc1ccccc1C(C)N(C)CCC(=O)Nc1ccc(C#N)c(Cl)c1. The number of nitrogens with one attached hydrogen (secondary N) is 1. The maximum atomic E-state index is 12.2. The molecule has 0 radical (unpaired) electrons. The van der Waals surface area contributed by atoms with Crippen molar-refractivity contribution >= 4 is 23.2 Å². The lowest BCUT2D eigenvalue weighted by atomic mass is 10.1. The zero-order valence-electron chi connectivity index (χ0n) is 15.1. The average molecular weight is 372 g/mol.